The Morgan fingerprint density at radius 2 is 1.96 bits per heavy atom. The summed E-state index contributed by atoms with van der Waals surface area (Å²) in [6.07, 6.45) is 2.13. The second-order valence-corrected chi connectivity index (χ2v) is 7.45. The van der Waals surface area contributed by atoms with Gasteiger partial charge in [-0.2, -0.15) is 0 Å². The second kappa shape index (κ2) is 4.91. The first-order valence-electron chi connectivity index (χ1n) is 8.26. The van der Waals surface area contributed by atoms with Crippen molar-refractivity contribution in [2.75, 3.05) is 31.1 Å². The van der Waals surface area contributed by atoms with Crippen LogP contribution in [0.3, 0.4) is 0 Å². The molecule has 1 aromatic carbocycles. The zero-order valence-corrected chi connectivity index (χ0v) is 13.6. The first kappa shape index (κ1) is 14.4. The molecule has 5 heteroatoms. The molecule has 0 atom stereocenters. The lowest BCUT2D eigenvalue weighted by molar-refractivity contribution is 0.0793. The summed E-state index contributed by atoms with van der Waals surface area (Å²) in [5.74, 6) is 0.516. The van der Waals surface area contributed by atoms with Gasteiger partial charge in [-0.25, -0.2) is 0 Å². The highest BCUT2D eigenvalue weighted by Crippen LogP contribution is 2.36. The number of carbonyl (C=O) groups is 2. The number of anilines is 1. The Hall–Kier alpha value is -2.17. The number of fused-ring (bicyclic) bond motifs is 3. The predicted octanol–water partition coefficient (Wildman–Crippen LogP) is 2.36. The highest BCUT2D eigenvalue weighted by molar-refractivity contribution is 6.54. The van der Waals surface area contributed by atoms with Gasteiger partial charge in [-0.1, -0.05) is 13.8 Å². The molecule has 1 fully saturated rings. The number of Topliss-reactive ketones (excluding diaryl/α,β-unsaturated/α-hetero) is 1. The fourth-order valence-corrected chi connectivity index (χ4v) is 3.63. The Bertz CT molecular complexity index is 730. The number of amidine groups is 1. The Balaban J connectivity index is 1.70. The molecule has 0 radical (unpaired) electrons. The van der Waals surface area contributed by atoms with Gasteiger partial charge in [0.25, 0.3) is 5.91 Å². The van der Waals surface area contributed by atoms with E-state index in [0.717, 1.165) is 38.2 Å². The molecule has 3 heterocycles. The Morgan fingerprint density at radius 3 is 2.70 bits per heavy atom. The third-order valence-corrected chi connectivity index (χ3v) is 4.87. The van der Waals surface area contributed by atoms with Gasteiger partial charge in [0.15, 0.2) is 5.84 Å². The quantitative estimate of drug-likeness (QED) is 0.800. The summed E-state index contributed by atoms with van der Waals surface area (Å²) in [5.41, 5.74) is 2.17. The van der Waals surface area contributed by atoms with E-state index in [0.29, 0.717) is 23.5 Å². The van der Waals surface area contributed by atoms with Gasteiger partial charge in [-0.3, -0.25) is 14.6 Å². The maximum atomic E-state index is 12.6. The zero-order valence-electron chi connectivity index (χ0n) is 13.6. The van der Waals surface area contributed by atoms with Crippen LogP contribution in [0.5, 0.6) is 0 Å². The molecule has 120 valence electrons. The number of likely N-dealkylation sites (tertiary alicyclic amines) is 1. The van der Waals surface area contributed by atoms with Crippen LogP contribution in [0.15, 0.2) is 23.2 Å². The number of rotatable bonds is 1. The highest BCUT2D eigenvalue weighted by atomic mass is 16.2. The molecule has 0 unspecified atom stereocenters. The fourth-order valence-electron chi connectivity index (χ4n) is 3.63. The first-order chi connectivity index (χ1) is 11.0. The van der Waals surface area contributed by atoms with Gasteiger partial charge < -0.3 is 9.80 Å². The summed E-state index contributed by atoms with van der Waals surface area (Å²) in [5, 5.41) is 0. The van der Waals surface area contributed by atoms with Crippen LogP contribution in [0.2, 0.25) is 0 Å². The van der Waals surface area contributed by atoms with Crippen molar-refractivity contribution in [1.29, 1.82) is 0 Å². The van der Waals surface area contributed by atoms with E-state index in [1.807, 2.05) is 21.9 Å². The minimum Gasteiger partial charge on any atom is -0.339 e. The molecule has 0 saturated carbocycles. The third-order valence-electron chi connectivity index (χ3n) is 4.87. The first-order valence-corrected chi connectivity index (χ1v) is 8.26. The average Bonchev–Trinajstić information content (AvgIpc) is 3.14. The SMILES string of the molecule is CC1(C)CN=C2C(=O)c3cc(C(=O)N4CCCC4)ccc3N2C1. The fraction of sp³-hybridized carbons (Fsp3) is 0.500. The smallest absolute Gasteiger partial charge is 0.253 e. The van der Waals surface area contributed by atoms with Crippen LogP contribution in [0.4, 0.5) is 5.69 Å². The molecule has 0 spiro atoms. The molecule has 0 aromatic heterocycles. The van der Waals surface area contributed by atoms with E-state index in [-0.39, 0.29) is 17.1 Å². The van der Waals surface area contributed by atoms with Gasteiger partial charge in [0.1, 0.15) is 0 Å². The summed E-state index contributed by atoms with van der Waals surface area (Å²) in [6, 6.07) is 5.50. The van der Waals surface area contributed by atoms with E-state index in [2.05, 4.69) is 18.8 Å². The second-order valence-electron chi connectivity index (χ2n) is 7.45. The van der Waals surface area contributed by atoms with Crippen LogP contribution >= 0.6 is 0 Å². The van der Waals surface area contributed by atoms with Crippen molar-refractivity contribution in [3.8, 4) is 0 Å². The number of nitrogens with zero attached hydrogens (tertiary/aromatic N) is 3. The maximum absolute atomic E-state index is 12.6. The standard InChI is InChI=1S/C18H21N3O2/c1-18(2)10-19-16-15(22)13-9-12(5-6-14(13)21(16)11-18)17(23)20-7-3-4-8-20/h5-6,9H,3-4,7-8,10-11H2,1-2H3. The molecule has 1 aromatic rings. The minimum absolute atomic E-state index is 0.0326. The van der Waals surface area contributed by atoms with Gasteiger partial charge in [-0.05, 0) is 31.0 Å². The Kier molecular flexibility index (Phi) is 3.08. The lowest BCUT2D eigenvalue weighted by Gasteiger charge is -2.34. The number of hydrogen-bond donors (Lipinski definition) is 0. The number of benzene rings is 1. The van der Waals surface area contributed by atoms with Gasteiger partial charge in [-0.15, -0.1) is 0 Å². The molecule has 1 saturated heterocycles. The summed E-state index contributed by atoms with van der Waals surface area (Å²) in [6.45, 7) is 7.39. The molecular formula is C18H21N3O2. The molecule has 1 amide bonds. The van der Waals surface area contributed by atoms with Crippen molar-refractivity contribution >= 4 is 23.2 Å². The Morgan fingerprint density at radius 1 is 1.22 bits per heavy atom. The largest absolute Gasteiger partial charge is 0.339 e. The van der Waals surface area contributed by atoms with Gasteiger partial charge >= 0.3 is 0 Å². The molecule has 3 aliphatic rings. The van der Waals surface area contributed by atoms with E-state index in [9.17, 15) is 9.59 Å². The van der Waals surface area contributed by atoms with Crippen LogP contribution in [-0.4, -0.2) is 48.6 Å². The van der Waals surface area contributed by atoms with Crippen LogP contribution < -0.4 is 4.90 Å². The predicted molar refractivity (Wildman–Crippen MR) is 89.3 cm³/mol. The van der Waals surface area contributed by atoms with Crippen LogP contribution in [-0.2, 0) is 0 Å². The molecule has 0 aliphatic carbocycles. The van der Waals surface area contributed by atoms with E-state index in [1.165, 1.54) is 0 Å². The van der Waals surface area contributed by atoms with E-state index in [1.54, 1.807) is 6.07 Å². The number of carbonyl (C=O) groups excluding carboxylic acids is 2. The van der Waals surface area contributed by atoms with E-state index >= 15 is 0 Å². The van der Waals surface area contributed by atoms with Crippen molar-refractivity contribution in [2.24, 2.45) is 10.4 Å². The molecule has 23 heavy (non-hydrogen) atoms. The van der Waals surface area contributed by atoms with Crippen LogP contribution in [0, 0.1) is 5.41 Å². The average molecular weight is 311 g/mol. The van der Waals surface area contributed by atoms with Crippen LogP contribution in [0.1, 0.15) is 47.4 Å². The number of hydrogen-bond acceptors (Lipinski definition) is 4. The summed E-state index contributed by atoms with van der Waals surface area (Å²) in [7, 11) is 0. The van der Waals surface area contributed by atoms with Crippen molar-refractivity contribution in [3.05, 3.63) is 29.3 Å². The van der Waals surface area contributed by atoms with Crippen molar-refractivity contribution in [3.63, 3.8) is 0 Å². The molecule has 0 N–H and O–H groups in total. The lowest BCUT2D eigenvalue weighted by Crippen LogP contribution is -2.44. The zero-order chi connectivity index (χ0) is 16.2. The van der Waals surface area contributed by atoms with Gasteiger partial charge in [0.05, 0.1) is 11.3 Å². The lowest BCUT2D eigenvalue weighted by atomic mass is 9.91. The van der Waals surface area contributed by atoms with Crippen molar-refractivity contribution < 1.29 is 9.59 Å². The topological polar surface area (TPSA) is 53.0 Å². The summed E-state index contributed by atoms with van der Waals surface area (Å²) in [4.78, 5) is 33.5. The van der Waals surface area contributed by atoms with Crippen LogP contribution in [0.25, 0.3) is 0 Å². The molecule has 5 nitrogen and oxygen atoms in total. The maximum Gasteiger partial charge on any atom is 0.253 e. The van der Waals surface area contributed by atoms with Crippen molar-refractivity contribution in [1.82, 2.24) is 4.90 Å². The van der Waals surface area contributed by atoms with Gasteiger partial charge in [0, 0.05) is 37.2 Å². The molecule has 4 rings (SSSR count). The monoisotopic (exact) mass is 311 g/mol. The van der Waals surface area contributed by atoms with E-state index < -0.39 is 0 Å². The minimum atomic E-state index is -0.0495. The molecule has 0 bridgehead atoms. The number of ketones is 1. The Labute approximate surface area is 136 Å². The van der Waals surface area contributed by atoms with Crippen molar-refractivity contribution in [2.45, 2.75) is 26.7 Å². The number of amides is 1. The normalized spacial score (nSPS) is 22.0. The highest BCUT2D eigenvalue weighted by Gasteiger charge is 2.40. The molecule has 3 aliphatic heterocycles. The third kappa shape index (κ3) is 2.26. The van der Waals surface area contributed by atoms with Gasteiger partial charge in [0.2, 0.25) is 5.78 Å². The summed E-state index contributed by atoms with van der Waals surface area (Å²) >= 11 is 0. The number of aliphatic imine (C=N–C) groups is 1. The van der Waals surface area contributed by atoms with E-state index in [4.69, 9.17) is 0 Å². The summed E-state index contributed by atoms with van der Waals surface area (Å²) < 4.78 is 0. The molecular weight excluding hydrogens is 290 g/mol.